The average molecular weight is 432 g/mol. The Morgan fingerprint density at radius 2 is 1.94 bits per heavy atom. The quantitative estimate of drug-likeness (QED) is 0.644. The molecule has 1 aliphatic heterocycles. The molecule has 2 aromatic rings. The van der Waals surface area contributed by atoms with Crippen LogP contribution in [0.2, 0.25) is 0 Å². The molecule has 0 amide bonds. The molecule has 5 nitrogen and oxygen atoms in total. The Bertz CT molecular complexity index is 1040. The van der Waals surface area contributed by atoms with Crippen molar-refractivity contribution in [2.45, 2.75) is 38.5 Å². The summed E-state index contributed by atoms with van der Waals surface area (Å²) in [5, 5.41) is 3.26. The van der Waals surface area contributed by atoms with Crippen LogP contribution in [0.5, 0.6) is 5.75 Å². The number of esters is 1. The molecule has 32 heavy (non-hydrogen) atoms. The van der Waals surface area contributed by atoms with Gasteiger partial charge in [0.2, 0.25) is 0 Å². The zero-order chi connectivity index (χ0) is 22.5. The number of hydrogen-bond donors (Lipinski definition) is 1. The summed E-state index contributed by atoms with van der Waals surface area (Å²) >= 11 is 0. The van der Waals surface area contributed by atoms with Crippen LogP contribution in [-0.2, 0) is 20.7 Å². The van der Waals surface area contributed by atoms with Crippen LogP contribution >= 0.6 is 0 Å². The van der Waals surface area contributed by atoms with Crippen LogP contribution in [0, 0.1) is 5.92 Å². The Balaban J connectivity index is 1.63. The highest BCUT2D eigenvalue weighted by atomic mass is 16.5. The second kappa shape index (κ2) is 9.86. The van der Waals surface area contributed by atoms with Crippen LogP contribution in [-0.4, -0.2) is 25.0 Å². The van der Waals surface area contributed by atoms with Gasteiger partial charge in [-0.1, -0.05) is 49.0 Å². The molecule has 0 bridgehead atoms. The summed E-state index contributed by atoms with van der Waals surface area (Å²) in [5.74, 6) is -0.675. The molecule has 2 aliphatic rings. The van der Waals surface area contributed by atoms with Crippen molar-refractivity contribution < 1.29 is 19.1 Å². The third-order valence-corrected chi connectivity index (χ3v) is 6.05. The van der Waals surface area contributed by atoms with Gasteiger partial charge in [-0.25, -0.2) is 0 Å². The Labute approximate surface area is 189 Å². The van der Waals surface area contributed by atoms with Gasteiger partial charge in [-0.2, -0.15) is 0 Å². The lowest BCUT2D eigenvalue weighted by Crippen LogP contribution is -2.41. The molecule has 166 valence electrons. The number of allylic oxidation sites excluding steroid dienone is 2. The molecule has 4 rings (SSSR count). The van der Waals surface area contributed by atoms with E-state index in [4.69, 9.17) is 9.47 Å². The fraction of sp³-hybridized carbons (Fsp3) is 0.333. The number of hydrogen-bond acceptors (Lipinski definition) is 5. The number of benzene rings is 2. The number of ether oxygens (including phenoxy) is 2. The molecule has 0 fully saturated rings. The monoisotopic (exact) mass is 431 g/mol. The minimum absolute atomic E-state index is 0.0835. The standard InChI is InChI=1S/C27H29NO4/c1-3-31-21-12-7-11-20(17-21)25-24(18(2)28-22-13-8-14-23(29)26(22)25)27(30)32-16-15-19-9-5-4-6-10-19/h4-7,9-12,17,24-25,28H,2-3,8,13-16H2,1H3. The average Bonchev–Trinajstić information content (AvgIpc) is 2.79. The molecular formula is C27H29NO4. The van der Waals surface area contributed by atoms with Gasteiger partial charge in [0.15, 0.2) is 5.78 Å². The van der Waals surface area contributed by atoms with E-state index in [1.54, 1.807) is 0 Å². The highest BCUT2D eigenvalue weighted by Crippen LogP contribution is 2.44. The van der Waals surface area contributed by atoms with E-state index in [1.165, 1.54) is 0 Å². The summed E-state index contributed by atoms with van der Waals surface area (Å²) in [6.45, 7) is 6.89. The first kappa shape index (κ1) is 21.9. The summed E-state index contributed by atoms with van der Waals surface area (Å²) in [5.41, 5.74) is 4.12. The Morgan fingerprint density at radius 3 is 2.72 bits per heavy atom. The maximum absolute atomic E-state index is 13.3. The molecule has 0 saturated carbocycles. The van der Waals surface area contributed by atoms with Crippen LogP contribution in [0.15, 0.2) is 78.1 Å². The Morgan fingerprint density at radius 1 is 1.12 bits per heavy atom. The van der Waals surface area contributed by atoms with Crippen LogP contribution in [0.4, 0.5) is 0 Å². The summed E-state index contributed by atoms with van der Waals surface area (Å²) in [6, 6.07) is 17.6. The number of carbonyl (C=O) groups excluding carboxylic acids is 2. The third kappa shape index (κ3) is 4.62. The van der Waals surface area contributed by atoms with E-state index < -0.39 is 11.8 Å². The second-order valence-electron chi connectivity index (χ2n) is 8.18. The molecule has 0 aromatic heterocycles. The number of rotatable bonds is 7. The van der Waals surface area contributed by atoms with E-state index >= 15 is 0 Å². The van der Waals surface area contributed by atoms with Crippen molar-refractivity contribution in [3.05, 3.63) is 89.3 Å². The fourth-order valence-corrected chi connectivity index (χ4v) is 4.60. The predicted octanol–water partition coefficient (Wildman–Crippen LogP) is 4.70. The van der Waals surface area contributed by atoms with Gasteiger partial charge in [-0.15, -0.1) is 0 Å². The third-order valence-electron chi connectivity index (χ3n) is 6.05. The predicted molar refractivity (Wildman–Crippen MR) is 123 cm³/mol. The lowest BCUT2D eigenvalue weighted by atomic mass is 9.71. The van der Waals surface area contributed by atoms with Gasteiger partial charge < -0.3 is 14.8 Å². The van der Waals surface area contributed by atoms with Crippen molar-refractivity contribution in [2.24, 2.45) is 5.92 Å². The lowest BCUT2D eigenvalue weighted by Gasteiger charge is -2.38. The first-order chi connectivity index (χ1) is 15.6. The molecule has 1 N–H and O–H groups in total. The van der Waals surface area contributed by atoms with E-state index in [0.717, 1.165) is 35.4 Å². The van der Waals surface area contributed by atoms with E-state index in [0.29, 0.717) is 30.7 Å². The van der Waals surface area contributed by atoms with E-state index in [-0.39, 0.29) is 18.4 Å². The van der Waals surface area contributed by atoms with Gasteiger partial charge in [0.1, 0.15) is 11.7 Å². The molecule has 5 heteroatoms. The maximum Gasteiger partial charge on any atom is 0.315 e. The Hall–Kier alpha value is -3.34. The first-order valence-corrected chi connectivity index (χ1v) is 11.2. The smallest absolute Gasteiger partial charge is 0.315 e. The summed E-state index contributed by atoms with van der Waals surface area (Å²) in [7, 11) is 0. The highest BCUT2D eigenvalue weighted by molar-refractivity contribution is 6.00. The molecular weight excluding hydrogens is 402 g/mol. The zero-order valence-corrected chi connectivity index (χ0v) is 18.4. The van der Waals surface area contributed by atoms with Gasteiger partial charge in [0.25, 0.3) is 0 Å². The van der Waals surface area contributed by atoms with Gasteiger partial charge in [-0.3, -0.25) is 9.59 Å². The van der Waals surface area contributed by atoms with Crippen molar-refractivity contribution in [1.82, 2.24) is 5.32 Å². The number of ketones is 1. The van der Waals surface area contributed by atoms with Crippen molar-refractivity contribution in [3.8, 4) is 5.75 Å². The fourth-order valence-electron chi connectivity index (χ4n) is 4.60. The number of nitrogens with one attached hydrogen (secondary N) is 1. The van der Waals surface area contributed by atoms with Crippen molar-refractivity contribution in [2.75, 3.05) is 13.2 Å². The molecule has 2 unspecified atom stereocenters. The summed E-state index contributed by atoms with van der Waals surface area (Å²) in [6.07, 6.45) is 2.70. The van der Waals surface area contributed by atoms with Gasteiger partial charge in [0.05, 0.1) is 13.2 Å². The molecule has 2 aromatic carbocycles. The SMILES string of the molecule is C=C1NC2=C(C(=O)CCC2)C(c2cccc(OCC)c2)C1C(=O)OCCc1ccccc1. The van der Waals surface area contributed by atoms with Crippen molar-refractivity contribution in [1.29, 1.82) is 0 Å². The lowest BCUT2D eigenvalue weighted by molar-refractivity contribution is -0.147. The largest absolute Gasteiger partial charge is 0.494 e. The molecule has 0 radical (unpaired) electrons. The van der Waals surface area contributed by atoms with Crippen molar-refractivity contribution >= 4 is 11.8 Å². The molecule has 2 atom stereocenters. The van der Waals surface area contributed by atoms with Crippen LogP contribution in [0.1, 0.15) is 43.2 Å². The summed E-state index contributed by atoms with van der Waals surface area (Å²) < 4.78 is 11.4. The van der Waals surface area contributed by atoms with Crippen LogP contribution in [0.3, 0.4) is 0 Å². The summed E-state index contributed by atoms with van der Waals surface area (Å²) in [4.78, 5) is 26.3. The zero-order valence-electron chi connectivity index (χ0n) is 18.4. The van der Waals surface area contributed by atoms with Gasteiger partial charge in [0, 0.05) is 35.7 Å². The van der Waals surface area contributed by atoms with Crippen LogP contribution in [0.25, 0.3) is 0 Å². The van der Waals surface area contributed by atoms with Crippen LogP contribution < -0.4 is 10.1 Å². The van der Waals surface area contributed by atoms with Crippen molar-refractivity contribution in [3.63, 3.8) is 0 Å². The van der Waals surface area contributed by atoms with E-state index in [9.17, 15) is 9.59 Å². The minimum atomic E-state index is -0.677. The maximum atomic E-state index is 13.3. The van der Waals surface area contributed by atoms with E-state index in [1.807, 2.05) is 61.5 Å². The second-order valence-corrected chi connectivity index (χ2v) is 8.18. The molecule has 0 saturated heterocycles. The Kier molecular flexibility index (Phi) is 6.74. The highest BCUT2D eigenvalue weighted by Gasteiger charge is 2.43. The van der Waals surface area contributed by atoms with Gasteiger partial charge >= 0.3 is 5.97 Å². The first-order valence-electron chi connectivity index (χ1n) is 11.2. The molecule has 0 spiro atoms. The molecule has 1 heterocycles. The van der Waals surface area contributed by atoms with E-state index in [2.05, 4.69) is 11.9 Å². The normalized spacial score (nSPS) is 20.4. The molecule has 1 aliphatic carbocycles. The number of carbonyl (C=O) groups is 2. The van der Waals surface area contributed by atoms with Gasteiger partial charge in [-0.05, 0) is 43.0 Å². The number of Topliss-reactive ketones (excluding diaryl/α,β-unsaturated/α-hetero) is 1. The topological polar surface area (TPSA) is 64.6 Å². The minimum Gasteiger partial charge on any atom is -0.494 e.